The zero-order valence-electron chi connectivity index (χ0n) is 12.3. The SMILES string of the molecule is COc1ccc(OC)c2c1C(=O)C[C@@]1(O)CCCC[C@@]21O. The van der Waals surface area contributed by atoms with E-state index in [-0.39, 0.29) is 12.2 Å². The Morgan fingerprint density at radius 3 is 2.33 bits per heavy atom. The molecule has 2 atom stereocenters. The Kier molecular flexibility index (Phi) is 3.22. The molecule has 0 unspecified atom stereocenters. The first kappa shape index (κ1) is 14.4. The summed E-state index contributed by atoms with van der Waals surface area (Å²) in [4.78, 5) is 12.5. The Bertz CT molecular complexity index is 597. The van der Waals surface area contributed by atoms with Crippen molar-refractivity contribution in [3.8, 4) is 11.5 Å². The fourth-order valence-corrected chi connectivity index (χ4v) is 3.78. The topological polar surface area (TPSA) is 76.0 Å². The standard InChI is InChI=1S/C16H20O5/c1-20-11-5-6-12(21-2)14-13(11)10(17)9-15(18)7-3-4-8-16(14,15)19/h5-6,18-19H,3-4,7-9H2,1-2H3/t15-,16+/m0/s1. The van der Waals surface area contributed by atoms with Gasteiger partial charge in [0.05, 0.1) is 19.8 Å². The van der Waals surface area contributed by atoms with E-state index in [1.54, 1.807) is 12.1 Å². The maximum absolute atomic E-state index is 12.5. The van der Waals surface area contributed by atoms with Crippen molar-refractivity contribution in [2.45, 2.75) is 43.3 Å². The van der Waals surface area contributed by atoms with Crippen LogP contribution in [0.3, 0.4) is 0 Å². The van der Waals surface area contributed by atoms with Gasteiger partial charge in [0.15, 0.2) is 5.78 Å². The third kappa shape index (κ3) is 1.80. The number of aliphatic hydroxyl groups is 2. The zero-order valence-corrected chi connectivity index (χ0v) is 12.3. The van der Waals surface area contributed by atoms with Crippen molar-refractivity contribution < 1.29 is 24.5 Å². The number of methoxy groups -OCH3 is 2. The van der Waals surface area contributed by atoms with E-state index in [0.29, 0.717) is 35.5 Å². The van der Waals surface area contributed by atoms with Gasteiger partial charge in [-0.2, -0.15) is 0 Å². The van der Waals surface area contributed by atoms with E-state index < -0.39 is 11.2 Å². The van der Waals surface area contributed by atoms with E-state index in [2.05, 4.69) is 0 Å². The highest BCUT2D eigenvalue weighted by molar-refractivity contribution is 6.03. The highest BCUT2D eigenvalue weighted by Crippen LogP contribution is 2.55. The lowest BCUT2D eigenvalue weighted by molar-refractivity contribution is -0.184. The molecule has 1 aromatic carbocycles. The van der Waals surface area contributed by atoms with Gasteiger partial charge in [-0.15, -0.1) is 0 Å². The molecule has 114 valence electrons. The molecule has 2 aliphatic rings. The van der Waals surface area contributed by atoms with Crippen LogP contribution in [0, 0.1) is 0 Å². The van der Waals surface area contributed by atoms with Crippen molar-refractivity contribution in [2.75, 3.05) is 14.2 Å². The Morgan fingerprint density at radius 1 is 1.05 bits per heavy atom. The second-order valence-corrected chi connectivity index (χ2v) is 5.92. The minimum Gasteiger partial charge on any atom is -0.496 e. The van der Waals surface area contributed by atoms with Gasteiger partial charge < -0.3 is 19.7 Å². The number of ketones is 1. The third-order valence-electron chi connectivity index (χ3n) is 4.86. The van der Waals surface area contributed by atoms with Gasteiger partial charge in [-0.25, -0.2) is 0 Å². The molecule has 2 aliphatic carbocycles. The summed E-state index contributed by atoms with van der Waals surface area (Å²) in [6.07, 6.45) is 2.34. The third-order valence-corrected chi connectivity index (χ3v) is 4.86. The van der Waals surface area contributed by atoms with Crippen molar-refractivity contribution in [1.29, 1.82) is 0 Å². The molecule has 3 rings (SSSR count). The van der Waals surface area contributed by atoms with Crippen LogP contribution in [0.25, 0.3) is 0 Å². The van der Waals surface area contributed by atoms with E-state index in [4.69, 9.17) is 9.47 Å². The number of Topliss-reactive ketones (excluding diaryl/α,β-unsaturated/α-hetero) is 1. The Labute approximate surface area is 123 Å². The van der Waals surface area contributed by atoms with Crippen LogP contribution >= 0.6 is 0 Å². The lowest BCUT2D eigenvalue weighted by atomic mass is 9.61. The molecule has 1 saturated carbocycles. The first-order valence-corrected chi connectivity index (χ1v) is 7.20. The smallest absolute Gasteiger partial charge is 0.170 e. The van der Waals surface area contributed by atoms with Crippen molar-refractivity contribution in [3.63, 3.8) is 0 Å². The molecule has 0 amide bonds. The first-order chi connectivity index (χ1) is 9.97. The van der Waals surface area contributed by atoms with Gasteiger partial charge in [0, 0.05) is 12.0 Å². The fourth-order valence-electron chi connectivity index (χ4n) is 3.78. The van der Waals surface area contributed by atoms with Gasteiger partial charge in [-0.3, -0.25) is 4.79 Å². The normalized spacial score (nSPS) is 31.3. The van der Waals surface area contributed by atoms with E-state index >= 15 is 0 Å². The maximum atomic E-state index is 12.5. The number of fused-ring (bicyclic) bond motifs is 3. The van der Waals surface area contributed by atoms with Gasteiger partial charge >= 0.3 is 0 Å². The quantitative estimate of drug-likeness (QED) is 0.869. The highest BCUT2D eigenvalue weighted by Gasteiger charge is 2.58. The summed E-state index contributed by atoms with van der Waals surface area (Å²) < 4.78 is 10.6. The molecule has 0 bridgehead atoms. The average Bonchev–Trinajstić information content (AvgIpc) is 2.47. The van der Waals surface area contributed by atoms with E-state index in [1.165, 1.54) is 14.2 Å². The van der Waals surface area contributed by atoms with Gasteiger partial charge in [0.1, 0.15) is 22.7 Å². The van der Waals surface area contributed by atoms with Crippen molar-refractivity contribution in [3.05, 3.63) is 23.3 Å². The molecule has 1 aromatic rings. The van der Waals surface area contributed by atoms with E-state index in [1.807, 2.05) is 0 Å². The molecule has 0 aliphatic heterocycles. The molecule has 0 heterocycles. The van der Waals surface area contributed by atoms with Gasteiger partial charge in [-0.1, -0.05) is 12.8 Å². The summed E-state index contributed by atoms with van der Waals surface area (Å²) in [7, 11) is 2.98. The van der Waals surface area contributed by atoms with E-state index in [9.17, 15) is 15.0 Å². The monoisotopic (exact) mass is 292 g/mol. The fraction of sp³-hybridized carbons (Fsp3) is 0.562. The molecular formula is C16H20O5. The number of carbonyl (C=O) groups is 1. The zero-order chi connectivity index (χ0) is 15.3. The minimum atomic E-state index is -1.46. The van der Waals surface area contributed by atoms with Gasteiger partial charge in [0.2, 0.25) is 0 Å². The summed E-state index contributed by atoms with van der Waals surface area (Å²) >= 11 is 0. The lowest BCUT2D eigenvalue weighted by Gasteiger charge is -2.50. The summed E-state index contributed by atoms with van der Waals surface area (Å²) in [6.45, 7) is 0. The number of benzene rings is 1. The molecule has 2 N–H and O–H groups in total. The average molecular weight is 292 g/mol. The van der Waals surface area contributed by atoms with Crippen LogP contribution in [0.4, 0.5) is 0 Å². The van der Waals surface area contributed by atoms with Gasteiger partial charge in [-0.05, 0) is 25.0 Å². The second kappa shape index (κ2) is 4.71. The van der Waals surface area contributed by atoms with Crippen LogP contribution in [0.2, 0.25) is 0 Å². The number of hydrogen-bond donors (Lipinski definition) is 2. The highest BCUT2D eigenvalue weighted by atomic mass is 16.5. The van der Waals surface area contributed by atoms with Crippen LogP contribution < -0.4 is 9.47 Å². The molecule has 5 nitrogen and oxygen atoms in total. The Hall–Kier alpha value is -1.59. The maximum Gasteiger partial charge on any atom is 0.170 e. The molecule has 0 spiro atoms. The lowest BCUT2D eigenvalue weighted by Crippen LogP contribution is -2.58. The van der Waals surface area contributed by atoms with Crippen LogP contribution in [0.1, 0.15) is 48.0 Å². The predicted molar refractivity (Wildman–Crippen MR) is 75.8 cm³/mol. The predicted octanol–water partition coefficient (Wildman–Crippen LogP) is 1.78. The molecular weight excluding hydrogens is 272 g/mol. The molecule has 0 radical (unpaired) electrons. The summed E-state index contributed by atoms with van der Waals surface area (Å²) in [5.74, 6) is 0.619. The molecule has 21 heavy (non-hydrogen) atoms. The molecule has 1 fully saturated rings. The van der Waals surface area contributed by atoms with Crippen molar-refractivity contribution >= 4 is 5.78 Å². The molecule has 5 heteroatoms. The van der Waals surface area contributed by atoms with Crippen LogP contribution in [0.15, 0.2) is 12.1 Å². The van der Waals surface area contributed by atoms with Crippen LogP contribution in [0.5, 0.6) is 11.5 Å². The summed E-state index contributed by atoms with van der Waals surface area (Å²) in [5, 5.41) is 22.1. The second-order valence-electron chi connectivity index (χ2n) is 5.92. The number of carbonyl (C=O) groups excluding carboxylic acids is 1. The number of hydrogen-bond acceptors (Lipinski definition) is 5. The Morgan fingerprint density at radius 2 is 1.67 bits per heavy atom. The van der Waals surface area contributed by atoms with Crippen LogP contribution in [-0.4, -0.2) is 35.8 Å². The van der Waals surface area contributed by atoms with Gasteiger partial charge in [0.25, 0.3) is 0 Å². The Balaban J connectivity index is 2.32. The van der Waals surface area contributed by atoms with Crippen molar-refractivity contribution in [2.24, 2.45) is 0 Å². The number of ether oxygens (including phenoxy) is 2. The number of rotatable bonds is 2. The summed E-state index contributed by atoms with van der Waals surface area (Å²) in [5.41, 5.74) is -2.17. The largest absolute Gasteiger partial charge is 0.496 e. The summed E-state index contributed by atoms with van der Waals surface area (Å²) in [6, 6.07) is 3.33. The van der Waals surface area contributed by atoms with E-state index in [0.717, 1.165) is 12.8 Å². The molecule has 0 aromatic heterocycles. The molecule has 0 saturated heterocycles. The van der Waals surface area contributed by atoms with Crippen LogP contribution in [-0.2, 0) is 5.60 Å². The minimum absolute atomic E-state index is 0.0833. The van der Waals surface area contributed by atoms with Crippen molar-refractivity contribution in [1.82, 2.24) is 0 Å². The first-order valence-electron chi connectivity index (χ1n) is 7.20.